The van der Waals surface area contributed by atoms with Crippen LogP contribution in [0.3, 0.4) is 0 Å². The average Bonchev–Trinajstić information content (AvgIpc) is 2.69. The minimum Gasteiger partial charge on any atom is -0.379 e. The predicted molar refractivity (Wildman–Crippen MR) is 108 cm³/mol. The van der Waals surface area contributed by atoms with E-state index in [1.807, 2.05) is 6.07 Å². The molecule has 0 aliphatic carbocycles. The summed E-state index contributed by atoms with van der Waals surface area (Å²) in [6.45, 7) is 5.83. The van der Waals surface area contributed by atoms with Gasteiger partial charge in [-0.15, -0.1) is 0 Å². The SMILES string of the molecule is CC(C)OCCCNC1c2ccc(Cl)cc2SN(C)c2ccccc21. The van der Waals surface area contributed by atoms with Gasteiger partial charge in [0.05, 0.1) is 17.8 Å². The molecule has 0 radical (unpaired) electrons. The van der Waals surface area contributed by atoms with Gasteiger partial charge in [0.1, 0.15) is 0 Å². The molecule has 0 saturated heterocycles. The van der Waals surface area contributed by atoms with Crippen LogP contribution in [0, 0.1) is 0 Å². The Kier molecular flexibility index (Phi) is 6.29. The van der Waals surface area contributed by atoms with Crippen LogP contribution >= 0.6 is 23.5 Å². The van der Waals surface area contributed by atoms with Crippen molar-refractivity contribution in [2.45, 2.75) is 37.3 Å². The van der Waals surface area contributed by atoms with Gasteiger partial charge in [-0.25, -0.2) is 0 Å². The van der Waals surface area contributed by atoms with E-state index in [1.54, 1.807) is 11.9 Å². The summed E-state index contributed by atoms with van der Waals surface area (Å²) >= 11 is 7.97. The maximum absolute atomic E-state index is 6.24. The maximum atomic E-state index is 6.24. The van der Waals surface area contributed by atoms with Crippen molar-refractivity contribution >= 4 is 29.2 Å². The molecule has 2 aromatic rings. The first-order valence-electron chi connectivity index (χ1n) is 8.71. The van der Waals surface area contributed by atoms with Gasteiger partial charge in [0.25, 0.3) is 0 Å². The third-order valence-electron chi connectivity index (χ3n) is 4.23. The van der Waals surface area contributed by atoms with Crippen molar-refractivity contribution in [3.8, 4) is 0 Å². The minimum absolute atomic E-state index is 0.153. The second kappa shape index (κ2) is 8.45. The van der Waals surface area contributed by atoms with Gasteiger partial charge in [0.15, 0.2) is 0 Å². The number of nitrogens with one attached hydrogen (secondary N) is 1. The van der Waals surface area contributed by atoms with E-state index in [0.29, 0.717) is 0 Å². The smallest absolute Gasteiger partial charge is 0.0609 e. The molecule has 134 valence electrons. The van der Waals surface area contributed by atoms with E-state index < -0.39 is 0 Å². The molecular weight excluding hydrogens is 352 g/mol. The molecule has 3 nitrogen and oxygen atoms in total. The van der Waals surface area contributed by atoms with E-state index in [9.17, 15) is 0 Å². The van der Waals surface area contributed by atoms with Gasteiger partial charge in [-0.3, -0.25) is 0 Å². The number of hydrogen-bond donors (Lipinski definition) is 1. The molecular formula is C20H25ClN2OS. The largest absolute Gasteiger partial charge is 0.379 e. The van der Waals surface area contributed by atoms with Gasteiger partial charge >= 0.3 is 0 Å². The van der Waals surface area contributed by atoms with E-state index in [1.165, 1.54) is 21.7 Å². The third-order valence-corrected chi connectivity index (χ3v) is 5.49. The summed E-state index contributed by atoms with van der Waals surface area (Å²) in [6.07, 6.45) is 1.27. The molecule has 1 aliphatic rings. The Labute approximate surface area is 159 Å². The summed E-state index contributed by atoms with van der Waals surface area (Å²) in [5, 5.41) is 4.50. The highest BCUT2D eigenvalue weighted by Crippen LogP contribution is 2.43. The van der Waals surface area contributed by atoms with Crippen LogP contribution in [0.2, 0.25) is 5.02 Å². The van der Waals surface area contributed by atoms with Crippen molar-refractivity contribution in [3.05, 3.63) is 58.6 Å². The second-order valence-corrected chi connectivity index (χ2v) is 8.10. The molecule has 0 fully saturated rings. The van der Waals surface area contributed by atoms with Crippen LogP contribution in [0.25, 0.3) is 0 Å². The summed E-state index contributed by atoms with van der Waals surface area (Å²) in [5.41, 5.74) is 3.80. The lowest BCUT2D eigenvalue weighted by atomic mass is 9.97. The maximum Gasteiger partial charge on any atom is 0.0609 e. The molecule has 1 heterocycles. The highest BCUT2D eigenvalue weighted by atomic mass is 35.5. The Hall–Kier alpha value is -1.20. The Morgan fingerprint density at radius 3 is 2.80 bits per heavy atom. The normalized spacial score (nSPS) is 16.5. The summed E-state index contributed by atoms with van der Waals surface area (Å²) in [7, 11) is 2.10. The predicted octanol–water partition coefficient (Wildman–Crippen LogP) is 5.29. The monoisotopic (exact) mass is 376 g/mol. The van der Waals surface area contributed by atoms with Crippen LogP contribution in [0.15, 0.2) is 47.4 Å². The number of benzene rings is 2. The molecule has 0 aromatic heterocycles. The fourth-order valence-corrected chi connectivity index (χ4v) is 4.33. The molecule has 0 amide bonds. The van der Waals surface area contributed by atoms with Gasteiger partial charge in [-0.05, 0) is 68.1 Å². The first kappa shape index (κ1) is 18.6. The molecule has 0 spiro atoms. The Morgan fingerprint density at radius 2 is 2.00 bits per heavy atom. The lowest BCUT2D eigenvalue weighted by molar-refractivity contribution is 0.0768. The minimum atomic E-state index is 0.153. The van der Waals surface area contributed by atoms with Crippen LogP contribution < -0.4 is 9.62 Å². The van der Waals surface area contributed by atoms with Crippen LogP contribution in [-0.4, -0.2) is 26.3 Å². The molecule has 5 heteroatoms. The Balaban J connectivity index is 1.86. The highest BCUT2D eigenvalue weighted by molar-refractivity contribution is 8.00. The second-order valence-electron chi connectivity index (χ2n) is 6.49. The van der Waals surface area contributed by atoms with Gasteiger partial charge in [0, 0.05) is 23.6 Å². The molecule has 1 aliphatic heterocycles. The Bertz CT molecular complexity index is 723. The Morgan fingerprint density at radius 1 is 1.20 bits per heavy atom. The molecule has 1 unspecified atom stereocenters. The summed E-state index contributed by atoms with van der Waals surface area (Å²) in [4.78, 5) is 1.20. The van der Waals surface area contributed by atoms with E-state index in [0.717, 1.165) is 24.6 Å². The molecule has 2 aromatic carbocycles. The molecule has 1 N–H and O–H groups in total. The van der Waals surface area contributed by atoms with Crippen LogP contribution in [0.5, 0.6) is 0 Å². The van der Waals surface area contributed by atoms with Crippen molar-refractivity contribution in [2.75, 3.05) is 24.5 Å². The first-order valence-corrected chi connectivity index (χ1v) is 9.86. The number of nitrogens with zero attached hydrogens (tertiary/aromatic N) is 1. The number of ether oxygens (including phenoxy) is 1. The number of anilines is 1. The van der Waals surface area contributed by atoms with Crippen molar-refractivity contribution in [3.63, 3.8) is 0 Å². The van der Waals surface area contributed by atoms with Crippen molar-refractivity contribution in [2.24, 2.45) is 0 Å². The fraction of sp³-hybridized carbons (Fsp3) is 0.400. The van der Waals surface area contributed by atoms with Gasteiger partial charge in [-0.1, -0.05) is 35.9 Å². The number of para-hydroxylation sites is 1. The molecule has 0 saturated carbocycles. The van der Waals surface area contributed by atoms with E-state index in [-0.39, 0.29) is 12.1 Å². The van der Waals surface area contributed by atoms with E-state index in [2.05, 4.69) is 66.9 Å². The van der Waals surface area contributed by atoms with Crippen LogP contribution in [0.4, 0.5) is 5.69 Å². The third kappa shape index (κ3) is 4.50. The molecule has 25 heavy (non-hydrogen) atoms. The van der Waals surface area contributed by atoms with Crippen molar-refractivity contribution in [1.82, 2.24) is 5.32 Å². The highest BCUT2D eigenvalue weighted by Gasteiger charge is 2.26. The zero-order valence-corrected chi connectivity index (χ0v) is 16.5. The lowest BCUT2D eigenvalue weighted by Crippen LogP contribution is -2.25. The van der Waals surface area contributed by atoms with E-state index >= 15 is 0 Å². The van der Waals surface area contributed by atoms with Gasteiger partial charge in [-0.2, -0.15) is 0 Å². The van der Waals surface area contributed by atoms with Gasteiger partial charge in [0.2, 0.25) is 0 Å². The number of fused-ring (bicyclic) bond motifs is 2. The molecule has 1 atom stereocenters. The van der Waals surface area contributed by atoms with Crippen LogP contribution in [-0.2, 0) is 4.74 Å². The number of hydrogen-bond acceptors (Lipinski definition) is 4. The molecule has 3 rings (SSSR count). The zero-order valence-electron chi connectivity index (χ0n) is 15.0. The fourth-order valence-electron chi connectivity index (χ4n) is 3.07. The topological polar surface area (TPSA) is 24.5 Å². The molecule has 0 bridgehead atoms. The standard InChI is InChI=1S/C20H25ClN2OS/c1-14(2)24-12-6-11-22-20-16-7-4-5-8-18(16)23(3)25-19-13-15(21)9-10-17(19)20/h4-5,7-10,13-14,20,22H,6,11-12H2,1-3H3. The first-order chi connectivity index (χ1) is 12.1. The quantitative estimate of drug-likeness (QED) is 0.546. The van der Waals surface area contributed by atoms with Crippen molar-refractivity contribution in [1.29, 1.82) is 0 Å². The van der Waals surface area contributed by atoms with E-state index in [4.69, 9.17) is 16.3 Å². The summed E-state index contributed by atoms with van der Waals surface area (Å²) in [6, 6.07) is 14.9. The summed E-state index contributed by atoms with van der Waals surface area (Å²) in [5.74, 6) is 0. The van der Waals surface area contributed by atoms with Crippen LogP contribution in [0.1, 0.15) is 37.4 Å². The summed E-state index contributed by atoms with van der Waals surface area (Å²) < 4.78 is 7.87. The lowest BCUT2D eigenvalue weighted by Gasteiger charge is -2.22. The van der Waals surface area contributed by atoms with Gasteiger partial charge < -0.3 is 14.4 Å². The number of halogens is 1. The average molecular weight is 377 g/mol. The zero-order chi connectivity index (χ0) is 17.8. The van der Waals surface area contributed by atoms with Crippen molar-refractivity contribution < 1.29 is 4.74 Å². The number of rotatable bonds is 6.